The minimum absolute atomic E-state index is 0.0576. The molecule has 9 nitrogen and oxygen atoms in total. The van der Waals surface area contributed by atoms with E-state index in [0.717, 1.165) is 6.07 Å². The number of nitro groups is 1. The molecule has 0 unspecified atom stereocenters. The van der Waals surface area contributed by atoms with E-state index >= 15 is 0 Å². The van der Waals surface area contributed by atoms with Gasteiger partial charge >= 0.3 is 5.97 Å². The highest BCUT2D eigenvalue weighted by molar-refractivity contribution is 6.00. The number of non-ortho nitro benzene ring substituents is 1. The lowest BCUT2D eigenvalue weighted by Crippen LogP contribution is -2.30. The molecule has 0 heterocycles. The van der Waals surface area contributed by atoms with Gasteiger partial charge in [-0.1, -0.05) is 6.07 Å². The van der Waals surface area contributed by atoms with Crippen molar-refractivity contribution in [3.05, 3.63) is 63.7 Å². The summed E-state index contributed by atoms with van der Waals surface area (Å²) in [6.07, 6.45) is -1.16. The zero-order valence-corrected chi connectivity index (χ0v) is 14.6. The van der Waals surface area contributed by atoms with Crippen molar-refractivity contribution in [3.8, 4) is 6.07 Å². The lowest BCUT2D eigenvalue weighted by atomic mass is 10.1. The van der Waals surface area contributed by atoms with Crippen LogP contribution in [0.3, 0.4) is 0 Å². The molecule has 0 spiro atoms. The van der Waals surface area contributed by atoms with Gasteiger partial charge in [-0.3, -0.25) is 14.9 Å². The Labute approximate surface area is 154 Å². The summed E-state index contributed by atoms with van der Waals surface area (Å²) < 4.78 is 5.13. The maximum absolute atomic E-state index is 12.4. The van der Waals surface area contributed by atoms with Gasteiger partial charge in [0.15, 0.2) is 6.10 Å². The van der Waals surface area contributed by atoms with E-state index in [4.69, 9.17) is 10.00 Å². The quantitative estimate of drug-likeness (QED) is 0.455. The second-order valence-electron chi connectivity index (χ2n) is 5.47. The Morgan fingerprint density at radius 3 is 2.63 bits per heavy atom. The van der Waals surface area contributed by atoms with Crippen LogP contribution in [0.1, 0.15) is 22.8 Å². The number of rotatable bonds is 6. The minimum Gasteiger partial charge on any atom is -0.449 e. The number of benzene rings is 2. The third-order valence-electron chi connectivity index (χ3n) is 3.62. The summed E-state index contributed by atoms with van der Waals surface area (Å²) in [6.45, 7) is 1.37. The van der Waals surface area contributed by atoms with Crippen LogP contribution in [0.25, 0.3) is 0 Å². The molecule has 1 amide bonds. The molecule has 0 aliphatic rings. The molecule has 138 valence electrons. The third-order valence-corrected chi connectivity index (χ3v) is 3.62. The molecule has 0 aliphatic heterocycles. The fourth-order valence-corrected chi connectivity index (χ4v) is 2.22. The molecule has 0 saturated carbocycles. The van der Waals surface area contributed by atoms with Crippen molar-refractivity contribution in [3.63, 3.8) is 0 Å². The van der Waals surface area contributed by atoms with Crippen molar-refractivity contribution in [2.24, 2.45) is 0 Å². The molecule has 9 heteroatoms. The molecule has 0 fully saturated rings. The Hall–Kier alpha value is -3.93. The zero-order chi connectivity index (χ0) is 20.0. The standard InChI is InChI=1S/C18H16N4O5/c1-11(17(23)21-13-5-3-4-12(8-13)10-19)27-18(24)15-9-14(22(25)26)6-7-16(15)20-2/h3-9,11,20H,1-2H3,(H,21,23)/t11-/m0/s1. The number of carbonyl (C=O) groups is 2. The van der Waals surface area contributed by atoms with Gasteiger partial charge in [0.2, 0.25) is 0 Å². The highest BCUT2D eigenvalue weighted by Crippen LogP contribution is 2.23. The topological polar surface area (TPSA) is 134 Å². The van der Waals surface area contributed by atoms with E-state index in [9.17, 15) is 19.7 Å². The summed E-state index contributed by atoms with van der Waals surface area (Å²) in [7, 11) is 1.55. The number of carbonyl (C=O) groups excluding carboxylic acids is 2. The summed E-state index contributed by atoms with van der Waals surface area (Å²) in [5, 5.41) is 25.1. The zero-order valence-electron chi connectivity index (χ0n) is 14.6. The largest absolute Gasteiger partial charge is 0.449 e. The first-order valence-corrected chi connectivity index (χ1v) is 7.84. The first-order chi connectivity index (χ1) is 12.8. The Morgan fingerprint density at radius 2 is 2.00 bits per heavy atom. The van der Waals surface area contributed by atoms with E-state index in [1.807, 2.05) is 6.07 Å². The maximum atomic E-state index is 12.4. The average Bonchev–Trinajstić information content (AvgIpc) is 2.67. The smallest absolute Gasteiger partial charge is 0.341 e. The lowest BCUT2D eigenvalue weighted by Gasteiger charge is -2.15. The fraction of sp³-hybridized carbons (Fsp3) is 0.167. The third kappa shape index (κ3) is 4.79. The van der Waals surface area contributed by atoms with E-state index in [1.54, 1.807) is 25.2 Å². The number of amides is 1. The van der Waals surface area contributed by atoms with Crippen LogP contribution < -0.4 is 10.6 Å². The van der Waals surface area contributed by atoms with Gasteiger partial charge in [0.05, 0.1) is 22.1 Å². The number of anilines is 2. The SMILES string of the molecule is CNc1ccc([N+](=O)[O-])cc1C(=O)O[C@@H](C)C(=O)Nc1cccc(C#N)c1. The van der Waals surface area contributed by atoms with Gasteiger partial charge in [0, 0.05) is 30.6 Å². The van der Waals surface area contributed by atoms with Crippen molar-refractivity contribution in [1.29, 1.82) is 5.26 Å². The van der Waals surface area contributed by atoms with Gasteiger partial charge in [-0.25, -0.2) is 4.79 Å². The Bertz CT molecular complexity index is 936. The molecule has 2 rings (SSSR count). The van der Waals surface area contributed by atoms with Gasteiger partial charge in [0.1, 0.15) is 0 Å². The van der Waals surface area contributed by atoms with Gasteiger partial charge < -0.3 is 15.4 Å². The molecule has 0 bridgehead atoms. The summed E-state index contributed by atoms with van der Waals surface area (Å²) >= 11 is 0. The molecule has 0 saturated heterocycles. The number of hydrogen-bond donors (Lipinski definition) is 2. The van der Waals surface area contributed by atoms with Crippen LogP contribution in [0.5, 0.6) is 0 Å². The number of ether oxygens (including phenoxy) is 1. The Balaban J connectivity index is 2.12. The summed E-state index contributed by atoms with van der Waals surface area (Å²) in [5.41, 5.74) is 0.755. The predicted octanol–water partition coefficient (Wildman–Crippen LogP) is 2.69. The van der Waals surface area contributed by atoms with Crippen molar-refractivity contribution in [2.75, 3.05) is 17.7 Å². The van der Waals surface area contributed by atoms with Crippen molar-refractivity contribution in [1.82, 2.24) is 0 Å². The molecular formula is C18H16N4O5. The summed E-state index contributed by atoms with van der Waals surface area (Å²) in [4.78, 5) is 34.8. The number of hydrogen-bond acceptors (Lipinski definition) is 7. The van der Waals surface area contributed by atoms with Crippen molar-refractivity contribution < 1.29 is 19.2 Å². The van der Waals surface area contributed by atoms with E-state index < -0.39 is 22.9 Å². The number of esters is 1. The highest BCUT2D eigenvalue weighted by atomic mass is 16.6. The number of nitriles is 1. The number of nitrogens with one attached hydrogen (secondary N) is 2. The molecule has 2 aromatic rings. The van der Waals surface area contributed by atoms with E-state index in [1.165, 1.54) is 25.1 Å². The van der Waals surface area contributed by atoms with Crippen LogP contribution in [0.4, 0.5) is 17.1 Å². The van der Waals surface area contributed by atoms with Crippen LogP contribution in [-0.4, -0.2) is 30.0 Å². The van der Waals surface area contributed by atoms with Crippen LogP contribution in [0.2, 0.25) is 0 Å². The van der Waals surface area contributed by atoms with E-state index in [2.05, 4.69) is 10.6 Å². The summed E-state index contributed by atoms with van der Waals surface area (Å²) in [5.74, 6) is -1.48. The second-order valence-corrected chi connectivity index (χ2v) is 5.47. The van der Waals surface area contributed by atoms with Gasteiger partial charge in [-0.05, 0) is 31.2 Å². The average molecular weight is 368 g/mol. The Kier molecular flexibility index (Phi) is 6.06. The molecule has 0 aliphatic carbocycles. The monoisotopic (exact) mass is 368 g/mol. The molecule has 2 N–H and O–H groups in total. The van der Waals surface area contributed by atoms with Gasteiger partial charge in [0.25, 0.3) is 11.6 Å². The number of nitro benzene ring substituents is 1. The molecule has 1 atom stereocenters. The van der Waals surface area contributed by atoms with Gasteiger partial charge in [-0.15, -0.1) is 0 Å². The minimum atomic E-state index is -1.16. The van der Waals surface area contributed by atoms with E-state index in [-0.39, 0.29) is 11.3 Å². The normalized spacial score (nSPS) is 11.0. The van der Waals surface area contributed by atoms with Crippen molar-refractivity contribution in [2.45, 2.75) is 13.0 Å². The maximum Gasteiger partial charge on any atom is 0.341 e. The first-order valence-electron chi connectivity index (χ1n) is 7.84. The fourth-order valence-electron chi connectivity index (χ4n) is 2.22. The number of nitrogens with zero attached hydrogens (tertiary/aromatic N) is 2. The summed E-state index contributed by atoms with van der Waals surface area (Å²) in [6, 6.07) is 11.9. The molecular weight excluding hydrogens is 352 g/mol. The van der Waals surface area contributed by atoms with Crippen LogP contribution in [-0.2, 0) is 9.53 Å². The van der Waals surface area contributed by atoms with Crippen molar-refractivity contribution >= 4 is 28.9 Å². The Morgan fingerprint density at radius 1 is 1.26 bits per heavy atom. The molecule has 2 aromatic carbocycles. The van der Waals surface area contributed by atoms with Crippen LogP contribution in [0, 0.1) is 21.4 Å². The second kappa shape index (κ2) is 8.44. The molecule has 27 heavy (non-hydrogen) atoms. The van der Waals surface area contributed by atoms with Gasteiger partial charge in [-0.2, -0.15) is 5.26 Å². The van der Waals surface area contributed by atoms with Crippen LogP contribution in [0.15, 0.2) is 42.5 Å². The first kappa shape index (κ1) is 19.4. The molecule has 0 radical (unpaired) electrons. The lowest BCUT2D eigenvalue weighted by molar-refractivity contribution is -0.384. The molecule has 0 aromatic heterocycles. The highest BCUT2D eigenvalue weighted by Gasteiger charge is 2.23. The van der Waals surface area contributed by atoms with E-state index in [0.29, 0.717) is 16.9 Å². The predicted molar refractivity (Wildman–Crippen MR) is 97.3 cm³/mol. The van der Waals surface area contributed by atoms with Crippen LogP contribution >= 0.6 is 0 Å².